The molecule has 0 spiro atoms. The highest BCUT2D eigenvalue weighted by molar-refractivity contribution is 7.07. The molecule has 0 radical (unpaired) electrons. The Morgan fingerprint density at radius 1 is 1.50 bits per heavy atom. The van der Waals surface area contributed by atoms with Gasteiger partial charge in [0.15, 0.2) is 0 Å². The fourth-order valence-electron chi connectivity index (χ4n) is 1.00. The van der Waals surface area contributed by atoms with Crippen LogP contribution in [0.25, 0.3) is 0 Å². The third-order valence-electron chi connectivity index (χ3n) is 1.63. The number of thiophene rings is 1. The van der Waals surface area contributed by atoms with E-state index in [4.69, 9.17) is 0 Å². The molecule has 0 aliphatic carbocycles. The number of isocyanates is 1. The lowest BCUT2D eigenvalue weighted by molar-refractivity contribution is 0.562. The van der Waals surface area contributed by atoms with Crippen LogP contribution < -0.4 is 0 Å². The molecule has 0 atom stereocenters. The van der Waals surface area contributed by atoms with Crippen LogP contribution >= 0.6 is 11.3 Å². The maximum Gasteiger partial charge on any atom is 0.234 e. The summed E-state index contributed by atoms with van der Waals surface area (Å²) in [7, 11) is 0. The zero-order valence-corrected chi connectivity index (χ0v) is 7.64. The Kier molecular flexibility index (Phi) is 4.35. The molecule has 0 amide bonds. The second-order valence-electron chi connectivity index (χ2n) is 2.56. The van der Waals surface area contributed by atoms with Crippen LogP contribution in [0.2, 0.25) is 0 Å². The molecule has 0 N–H and O–H groups in total. The summed E-state index contributed by atoms with van der Waals surface area (Å²) in [4.78, 5) is 13.2. The van der Waals surface area contributed by atoms with Crippen molar-refractivity contribution in [1.82, 2.24) is 0 Å². The van der Waals surface area contributed by atoms with E-state index < -0.39 is 0 Å². The van der Waals surface area contributed by atoms with Crippen LogP contribution in [0.15, 0.2) is 21.8 Å². The van der Waals surface area contributed by atoms with Crippen LogP contribution in [0.3, 0.4) is 0 Å². The van der Waals surface area contributed by atoms with Crippen LogP contribution in [-0.4, -0.2) is 12.6 Å². The van der Waals surface area contributed by atoms with E-state index in [1.54, 1.807) is 11.3 Å². The van der Waals surface area contributed by atoms with Gasteiger partial charge in [0.1, 0.15) is 0 Å². The Hall–Kier alpha value is -0.920. The molecule has 0 unspecified atom stereocenters. The predicted octanol–water partition coefficient (Wildman–Crippen LogP) is 2.41. The summed E-state index contributed by atoms with van der Waals surface area (Å²) in [5.41, 5.74) is 1.38. The van der Waals surface area contributed by atoms with Gasteiger partial charge in [-0.3, -0.25) is 0 Å². The molecule has 12 heavy (non-hydrogen) atoms. The summed E-state index contributed by atoms with van der Waals surface area (Å²) in [5.74, 6) is 0. The van der Waals surface area contributed by atoms with Crippen molar-refractivity contribution in [2.24, 2.45) is 4.99 Å². The number of unbranched alkanes of at least 4 members (excludes halogenated alkanes) is 1. The van der Waals surface area contributed by atoms with Gasteiger partial charge in [-0.15, -0.1) is 0 Å². The Balaban J connectivity index is 2.07. The number of aliphatic imine (C=N–C) groups is 1. The van der Waals surface area contributed by atoms with E-state index >= 15 is 0 Å². The van der Waals surface area contributed by atoms with Crippen molar-refractivity contribution in [3.8, 4) is 0 Å². The predicted molar refractivity (Wildman–Crippen MR) is 50.2 cm³/mol. The van der Waals surface area contributed by atoms with E-state index in [0.717, 1.165) is 19.3 Å². The normalized spacial score (nSPS) is 9.33. The first-order chi connectivity index (χ1) is 5.93. The molecule has 0 aliphatic heterocycles. The van der Waals surface area contributed by atoms with Crippen LogP contribution in [0, 0.1) is 0 Å². The highest BCUT2D eigenvalue weighted by Crippen LogP contribution is 2.09. The van der Waals surface area contributed by atoms with E-state index in [-0.39, 0.29) is 0 Å². The average molecular weight is 181 g/mol. The molecule has 0 aromatic carbocycles. The van der Waals surface area contributed by atoms with Gasteiger partial charge in [0.25, 0.3) is 0 Å². The molecule has 0 saturated carbocycles. The maximum atomic E-state index is 9.71. The molecular formula is C9H11NOS. The first-order valence-electron chi connectivity index (χ1n) is 3.98. The molecule has 64 valence electrons. The lowest BCUT2D eigenvalue weighted by Gasteiger charge is -1.93. The topological polar surface area (TPSA) is 29.4 Å². The third kappa shape index (κ3) is 3.46. The zero-order chi connectivity index (χ0) is 8.65. The van der Waals surface area contributed by atoms with Gasteiger partial charge in [0.2, 0.25) is 6.08 Å². The van der Waals surface area contributed by atoms with Gasteiger partial charge in [-0.1, -0.05) is 0 Å². The molecule has 1 heterocycles. The first-order valence-corrected chi connectivity index (χ1v) is 4.92. The SMILES string of the molecule is O=C=NCCCCc1ccsc1. The molecule has 3 heteroatoms. The van der Waals surface area contributed by atoms with Crippen LogP contribution in [0.5, 0.6) is 0 Å². The minimum atomic E-state index is 0.619. The Labute approximate surface area is 76.0 Å². The minimum absolute atomic E-state index is 0.619. The van der Waals surface area contributed by atoms with E-state index in [9.17, 15) is 4.79 Å². The van der Waals surface area contributed by atoms with E-state index in [0.29, 0.717) is 6.54 Å². The maximum absolute atomic E-state index is 9.71. The number of hydrogen-bond donors (Lipinski definition) is 0. The van der Waals surface area contributed by atoms with Gasteiger partial charge in [0.05, 0.1) is 6.54 Å². The molecule has 0 bridgehead atoms. The van der Waals surface area contributed by atoms with Gasteiger partial charge in [-0.05, 0) is 41.7 Å². The van der Waals surface area contributed by atoms with Crippen LogP contribution in [0.1, 0.15) is 18.4 Å². The van der Waals surface area contributed by atoms with E-state index in [2.05, 4.69) is 21.8 Å². The molecule has 1 aromatic rings. The lowest BCUT2D eigenvalue weighted by atomic mass is 10.1. The standard InChI is InChI=1S/C9H11NOS/c11-8-10-5-2-1-3-9-4-6-12-7-9/h4,6-7H,1-3,5H2. The van der Waals surface area contributed by atoms with Crippen LogP contribution in [0.4, 0.5) is 0 Å². The molecule has 1 aromatic heterocycles. The van der Waals surface area contributed by atoms with Crippen molar-refractivity contribution in [2.45, 2.75) is 19.3 Å². The molecule has 0 fully saturated rings. The number of rotatable bonds is 5. The van der Waals surface area contributed by atoms with Crippen molar-refractivity contribution >= 4 is 17.4 Å². The highest BCUT2D eigenvalue weighted by atomic mass is 32.1. The summed E-state index contributed by atoms with van der Waals surface area (Å²) in [6, 6.07) is 2.13. The second-order valence-corrected chi connectivity index (χ2v) is 3.34. The summed E-state index contributed by atoms with van der Waals surface area (Å²) in [6.07, 6.45) is 4.71. The molecule has 2 nitrogen and oxygen atoms in total. The first kappa shape index (κ1) is 9.17. The van der Waals surface area contributed by atoms with Gasteiger partial charge in [0, 0.05) is 0 Å². The summed E-state index contributed by atoms with van der Waals surface area (Å²) in [5, 5.41) is 4.24. The lowest BCUT2D eigenvalue weighted by Crippen LogP contribution is -1.85. The Morgan fingerprint density at radius 2 is 2.42 bits per heavy atom. The Bertz CT molecular complexity index is 250. The third-order valence-corrected chi connectivity index (χ3v) is 2.36. The fourth-order valence-corrected chi connectivity index (χ4v) is 1.70. The monoisotopic (exact) mass is 181 g/mol. The fraction of sp³-hybridized carbons (Fsp3) is 0.444. The van der Waals surface area contributed by atoms with Gasteiger partial charge < -0.3 is 0 Å². The summed E-state index contributed by atoms with van der Waals surface area (Å²) < 4.78 is 0. The van der Waals surface area contributed by atoms with Crippen molar-refractivity contribution in [2.75, 3.05) is 6.54 Å². The molecule has 1 rings (SSSR count). The average Bonchev–Trinajstić information content (AvgIpc) is 2.57. The zero-order valence-electron chi connectivity index (χ0n) is 6.82. The number of aryl methyl sites for hydroxylation is 1. The van der Waals surface area contributed by atoms with Crippen molar-refractivity contribution in [3.05, 3.63) is 22.4 Å². The van der Waals surface area contributed by atoms with Gasteiger partial charge in [-0.2, -0.15) is 11.3 Å². The Morgan fingerprint density at radius 3 is 3.08 bits per heavy atom. The number of hydrogen-bond acceptors (Lipinski definition) is 3. The van der Waals surface area contributed by atoms with Crippen LogP contribution in [-0.2, 0) is 11.2 Å². The van der Waals surface area contributed by atoms with Gasteiger partial charge >= 0.3 is 0 Å². The quantitative estimate of drug-likeness (QED) is 0.389. The van der Waals surface area contributed by atoms with E-state index in [1.165, 1.54) is 11.6 Å². The summed E-state index contributed by atoms with van der Waals surface area (Å²) >= 11 is 1.72. The molecule has 0 aliphatic rings. The van der Waals surface area contributed by atoms with Crippen molar-refractivity contribution in [3.63, 3.8) is 0 Å². The van der Waals surface area contributed by atoms with Gasteiger partial charge in [-0.25, -0.2) is 9.79 Å². The highest BCUT2D eigenvalue weighted by Gasteiger charge is 1.92. The number of carbonyl (C=O) groups excluding carboxylic acids is 1. The largest absolute Gasteiger partial charge is 0.234 e. The number of nitrogens with zero attached hydrogens (tertiary/aromatic N) is 1. The molecular weight excluding hydrogens is 170 g/mol. The minimum Gasteiger partial charge on any atom is -0.211 e. The summed E-state index contributed by atoms with van der Waals surface area (Å²) in [6.45, 7) is 0.619. The van der Waals surface area contributed by atoms with E-state index in [1.807, 2.05) is 0 Å². The smallest absolute Gasteiger partial charge is 0.211 e. The van der Waals surface area contributed by atoms with Crippen molar-refractivity contribution in [1.29, 1.82) is 0 Å². The van der Waals surface area contributed by atoms with Crippen molar-refractivity contribution < 1.29 is 4.79 Å². The second kappa shape index (κ2) is 5.70. The molecule has 0 saturated heterocycles.